The van der Waals surface area contributed by atoms with Crippen molar-refractivity contribution >= 4 is 31.9 Å². The summed E-state index contributed by atoms with van der Waals surface area (Å²) in [5.41, 5.74) is 4.43. The summed E-state index contributed by atoms with van der Waals surface area (Å²) < 4.78 is 0. The largest absolute Gasteiger partial charge is 0.350 e. The monoisotopic (exact) mass is 471 g/mol. The number of rotatable bonds is 8. The van der Waals surface area contributed by atoms with Crippen molar-refractivity contribution in [1.82, 2.24) is 5.32 Å². The summed E-state index contributed by atoms with van der Waals surface area (Å²) in [4.78, 5) is 14.0. The standard InChI is InChI=1S/C29H34N3OP/c1-4-5-14-26-27(23-15-17-25(34)18-16-23)31-32(24-12-7-6-8-13-24)29(26,3)28(33)30-20-22-11-9-10-21(2)19-22/h6-13,15-19,26H,4-5,14,20,34H2,1-3H3,(H,30,33). The van der Waals surface area contributed by atoms with Crippen LogP contribution < -0.4 is 15.6 Å². The zero-order valence-corrected chi connectivity index (χ0v) is 21.4. The number of aryl methyl sites for hydroxylation is 1. The smallest absolute Gasteiger partial charge is 0.248 e. The van der Waals surface area contributed by atoms with Crippen molar-refractivity contribution in [1.29, 1.82) is 0 Å². The molecule has 3 aromatic rings. The van der Waals surface area contributed by atoms with E-state index >= 15 is 0 Å². The molecule has 1 N–H and O–H groups in total. The Balaban J connectivity index is 1.73. The quantitative estimate of drug-likeness (QED) is 0.435. The van der Waals surface area contributed by atoms with Crippen LogP contribution in [0.4, 0.5) is 5.69 Å². The van der Waals surface area contributed by atoms with Gasteiger partial charge in [0, 0.05) is 12.5 Å². The van der Waals surface area contributed by atoms with Crippen LogP contribution in [0.2, 0.25) is 0 Å². The maximum atomic E-state index is 14.0. The van der Waals surface area contributed by atoms with Crippen molar-refractivity contribution in [3.8, 4) is 0 Å². The number of amides is 1. The SMILES string of the molecule is CCCCC1C(c2ccc(P)cc2)=NN(c2ccccc2)C1(C)C(=O)NCc1cccc(C)c1. The van der Waals surface area contributed by atoms with Crippen LogP contribution in [0.1, 0.15) is 49.8 Å². The number of hydrazone groups is 1. The zero-order valence-electron chi connectivity index (χ0n) is 20.3. The second-order valence-electron chi connectivity index (χ2n) is 9.27. The zero-order chi connectivity index (χ0) is 24.1. The number of nitrogens with zero attached hydrogens (tertiary/aromatic N) is 2. The molecular formula is C29H34N3OP. The first-order valence-corrected chi connectivity index (χ1v) is 12.6. The fourth-order valence-electron chi connectivity index (χ4n) is 4.77. The molecule has 0 saturated carbocycles. The minimum atomic E-state index is -0.838. The van der Waals surface area contributed by atoms with Crippen molar-refractivity contribution in [3.05, 3.63) is 95.6 Å². The van der Waals surface area contributed by atoms with Gasteiger partial charge in [-0.05, 0) is 48.8 Å². The van der Waals surface area contributed by atoms with Crippen LogP contribution in [0.3, 0.4) is 0 Å². The minimum Gasteiger partial charge on any atom is -0.350 e. The summed E-state index contributed by atoms with van der Waals surface area (Å²) >= 11 is 0. The summed E-state index contributed by atoms with van der Waals surface area (Å²) in [6.07, 6.45) is 3.01. The maximum Gasteiger partial charge on any atom is 0.248 e. The van der Waals surface area contributed by atoms with E-state index in [0.29, 0.717) is 6.54 Å². The van der Waals surface area contributed by atoms with Gasteiger partial charge in [0.25, 0.3) is 0 Å². The first-order chi connectivity index (χ1) is 16.4. The van der Waals surface area contributed by atoms with Crippen molar-refractivity contribution in [3.63, 3.8) is 0 Å². The average molecular weight is 472 g/mol. The van der Waals surface area contributed by atoms with Crippen molar-refractivity contribution in [2.45, 2.75) is 52.1 Å². The lowest BCUT2D eigenvalue weighted by Crippen LogP contribution is -2.57. The number of hydrogen-bond donors (Lipinski definition) is 1. The molecule has 34 heavy (non-hydrogen) atoms. The number of nitrogens with one attached hydrogen (secondary N) is 1. The van der Waals surface area contributed by atoms with E-state index in [0.717, 1.165) is 47.1 Å². The van der Waals surface area contributed by atoms with E-state index in [2.05, 4.69) is 70.9 Å². The molecule has 4 nitrogen and oxygen atoms in total. The Morgan fingerprint density at radius 3 is 2.47 bits per heavy atom. The Morgan fingerprint density at radius 1 is 1.06 bits per heavy atom. The number of carbonyl (C=O) groups excluding carboxylic acids is 1. The molecule has 1 heterocycles. The predicted octanol–water partition coefficient (Wildman–Crippen LogP) is 5.60. The lowest BCUT2D eigenvalue weighted by molar-refractivity contribution is -0.127. The first kappa shape index (κ1) is 24.2. The van der Waals surface area contributed by atoms with Gasteiger partial charge in [-0.2, -0.15) is 5.10 Å². The molecule has 1 aliphatic heterocycles. The molecule has 3 unspecified atom stereocenters. The molecule has 0 aliphatic carbocycles. The second kappa shape index (κ2) is 10.5. The van der Waals surface area contributed by atoms with Gasteiger partial charge in [-0.25, -0.2) is 5.01 Å². The molecule has 176 valence electrons. The molecule has 1 amide bonds. The fraction of sp³-hybridized carbons (Fsp3) is 0.310. The molecule has 1 aliphatic rings. The number of para-hydroxylation sites is 1. The van der Waals surface area contributed by atoms with Gasteiger partial charge in [0.15, 0.2) is 0 Å². The molecule has 0 aromatic heterocycles. The molecule has 0 radical (unpaired) electrons. The Labute approximate surface area is 205 Å². The lowest BCUT2D eigenvalue weighted by atomic mass is 9.77. The molecule has 0 spiro atoms. The predicted molar refractivity (Wildman–Crippen MR) is 146 cm³/mol. The number of benzene rings is 3. The summed E-state index contributed by atoms with van der Waals surface area (Å²) in [6.45, 7) is 6.81. The summed E-state index contributed by atoms with van der Waals surface area (Å²) in [5, 5.41) is 11.4. The van der Waals surface area contributed by atoms with Crippen LogP contribution in [0, 0.1) is 12.8 Å². The van der Waals surface area contributed by atoms with Gasteiger partial charge in [-0.1, -0.05) is 92.1 Å². The van der Waals surface area contributed by atoms with Gasteiger partial charge in [-0.15, -0.1) is 9.24 Å². The van der Waals surface area contributed by atoms with E-state index < -0.39 is 5.54 Å². The summed E-state index contributed by atoms with van der Waals surface area (Å²) in [5.74, 6) is -0.0269. The third-order valence-electron chi connectivity index (χ3n) is 6.71. The van der Waals surface area contributed by atoms with E-state index in [9.17, 15) is 4.79 Å². The molecule has 0 fully saturated rings. The fourth-order valence-corrected chi connectivity index (χ4v) is 4.96. The minimum absolute atomic E-state index is 0.000351. The number of carbonyl (C=O) groups is 1. The van der Waals surface area contributed by atoms with Crippen LogP contribution >= 0.6 is 9.24 Å². The number of anilines is 1. The maximum absolute atomic E-state index is 14.0. The Bertz CT molecular complexity index is 1160. The van der Waals surface area contributed by atoms with Crippen LogP contribution in [0.15, 0.2) is 84.0 Å². The Morgan fingerprint density at radius 2 is 1.79 bits per heavy atom. The van der Waals surface area contributed by atoms with Gasteiger partial charge < -0.3 is 5.32 Å². The van der Waals surface area contributed by atoms with Gasteiger partial charge in [-0.3, -0.25) is 4.79 Å². The molecule has 4 rings (SSSR count). The van der Waals surface area contributed by atoms with Crippen LogP contribution in [-0.4, -0.2) is 17.2 Å². The topological polar surface area (TPSA) is 44.7 Å². The Hall–Kier alpha value is -2.97. The summed E-state index contributed by atoms with van der Waals surface area (Å²) in [6, 6.07) is 26.7. The van der Waals surface area contributed by atoms with E-state index in [1.54, 1.807) is 0 Å². The van der Waals surface area contributed by atoms with Crippen molar-refractivity contribution in [2.24, 2.45) is 11.0 Å². The van der Waals surface area contributed by atoms with Crippen LogP contribution in [-0.2, 0) is 11.3 Å². The van der Waals surface area contributed by atoms with E-state index in [1.807, 2.05) is 48.3 Å². The highest BCUT2D eigenvalue weighted by molar-refractivity contribution is 7.27. The van der Waals surface area contributed by atoms with Gasteiger partial charge in [0.05, 0.1) is 11.4 Å². The molecule has 5 heteroatoms. The molecular weight excluding hydrogens is 437 g/mol. The highest BCUT2D eigenvalue weighted by atomic mass is 31.0. The van der Waals surface area contributed by atoms with Gasteiger partial charge in [0.2, 0.25) is 5.91 Å². The second-order valence-corrected chi connectivity index (χ2v) is 9.94. The first-order valence-electron chi connectivity index (χ1n) is 12.1. The summed E-state index contributed by atoms with van der Waals surface area (Å²) in [7, 11) is 2.73. The van der Waals surface area contributed by atoms with Gasteiger partial charge >= 0.3 is 0 Å². The molecule has 0 saturated heterocycles. The number of hydrogen-bond acceptors (Lipinski definition) is 3. The van der Waals surface area contributed by atoms with Crippen LogP contribution in [0.25, 0.3) is 0 Å². The van der Waals surface area contributed by atoms with E-state index in [4.69, 9.17) is 5.10 Å². The van der Waals surface area contributed by atoms with Crippen molar-refractivity contribution in [2.75, 3.05) is 5.01 Å². The van der Waals surface area contributed by atoms with E-state index in [1.165, 1.54) is 5.56 Å². The number of unbranched alkanes of at least 4 members (excludes halogenated alkanes) is 1. The highest BCUT2D eigenvalue weighted by Gasteiger charge is 2.53. The molecule has 0 bridgehead atoms. The van der Waals surface area contributed by atoms with Crippen molar-refractivity contribution < 1.29 is 4.79 Å². The highest BCUT2D eigenvalue weighted by Crippen LogP contribution is 2.41. The van der Waals surface area contributed by atoms with Crippen LogP contribution in [0.5, 0.6) is 0 Å². The average Bonchev–Trinajstić information content (AvgIpc) is 3.15. The lowest BCUT2D eigenvalue weighted by Gasteiger charge is -2.37. The van der Waals surface area contributed by atoms with E-state index in [-0.39, 0.29) is 11.8 Å². The third-order valence-corrected chi connectivity index (χ3v) is 7.09. The third kappa shape index (κ3) is 4.93. The Kier molecular flexibility index (Phi) is 7.48. The molecule has 3 aromatic carbocycles. The molecule has 3 atom stereocenters. The normalized spacial score (nSPS) is 19.7. The van der Waals surface area contributed by atoms with Gasteiger partial charge in [0.1, 0.15) is 5.54 Å².